The fourth-order valence-corrected chi connectivity index (χ4v) is 1.39. The van der Waals surface area contributed by atoms with Crippen LogP contribution < -0.4 is 5.73 Å². The lowest BCUT2D eigenvalue weighted by Crippen LogP contribution is -2.12. The van der Waals surface area contributed by atoms with E-state index in [0.29, 0.717) is 0 Å². The summed E-state index contributed by atoms with van der Waals surface area (Å²) >= 11 is 0. The molecule has 0 atom stereocenters. The lowest BCUT2D eigenvalue weighted by Gasteiger charge is -2.06. The predicted octanol–water partition coefficient (Wildman–Crippen LogP) is 1.62. The number of nitrogens with two attached hydrogens (primary N) is 1. The molecule has 2 N–H and O–H groups in total. The van der Waals surface area contributed by atoms with E-state index in [1.54, 1.807) is 6.92 Å². The number of esters is 1. The van der Waals surface area contributed by atoms with Gasteiger partial charge in [-0.05, 0) is 22.9 Å². The number of carbonyl (C=O) groups excluding carboxylic acids is 1. The molecule has 104 valence electrons. The van der Waals surface area contributed by atoms with Gasteiger partial charge in [-0.25, -0.2) is 8.78 Å². The van der Waals surface area contributed by atoms with Gasteiger partial charge in [0.15, 0.2) is 5.69 Å². The van der Waals surface area contributed by atoms with Gasteiger partial charge in [-0.15, -0.1) is 0 Å². The average molecular weight is 275 g/mol. The quantitative estimate of drug-likeness (QED) is 0.497. The molecule has 0 fully saturated rings. The Hall–Kier alpha value is -2.32. The largest absolute Gasteiger partial charge is 0.466 e. The number of hydrogen-bond acceptors (Lipinski definition) is 6. The Morgan fingerprint density at radius 3 is 2.74 bits per heavy atom. The fourth-order valence-electron chi connectivity index (χ4n) is 1.39. The van der Waals surface area contributed by atoms with Crippen LogP contribution in [0.5, 0.6) is 0 Å². The van der Waals surface area contributed by atoms with Crippen molar-refractivity contribution in [2.75, 3.05) is 12.3 Å². The van der Waals surface area contributed by atoms with Crippen molar-refractivity contribution in [3.05, 3.63) is 27.4 Å². The molecule has 0 aromatic carbocycles. The molecule has 0 aliphatic carbocycles. The molecule has 0 aliphatic heterocycles. The lowest BCUT2D eigenvalue weighted by molar-refractivity contribution is -0.388. The van der Waals surface area contributed by atoms with Crippen molar-refractivity contribution < 1.29 is 23.2 Å². The van der Waals surface area contributed by atoms with Crippen molar-refractivity contribution in [1.82, 2.24) is 4.98 Å². The number of hydrogen-bond donors (Lipinski definition) is 1. The number of nitrogens with zero attached hydrogens (tertiary/aromatic N) is 2. The molecule has 0 spiro atoms. The summed E-state index contributed by atoms with van der Waals surface area (Å²) in [4.78, 5) is 24.4. The second-order valence-corrected chi connectivity index (χ2v) is 3.48. The first kappa shape index (κ1) is 14.7. The van der Waals surface area contributed by atoms with E-state index in [2.05, 4.69) is 9.72 Å². The standard InChI is InChI=1S/C10H11F2N3O4/c1-2-19-7(16)4-5-3-6(9(11)12)8(13)10(14-5)15(17)18/h3,9H,2,4,13H2,1H3. The second-order valence-electron chi connectivity index (χ2n) is 3.48. The number of alkyl halides is 2. The summed E-state index contributed by atoms with van der Waals surface area (Å²) in [5.74, 6) is -1.61. The summed E-state index contributed by atoms with van der Waals surface area (Å²) in [6, 6.07) is 0.865. The van der Waals surface area contributed by atoms with Crippen LogP contribution in [-0.4, -0.2) is 22.5 Å². The van der Waals surface area contributed by atoms with Crippen molar-refractivity contribution >= 4 is 17.5 Å². The van der Waals surface area contributed by atoms with Crippen molar-refractivity contribution in [1.29, 1.82) is 0 Å². The van der Waals surface area contributed by atoms with Crippen LogP contribution in [0.3, 0.4) is 0 Å². The Balaban J connectivity index is 3.19. The van der Waals surface area contributed by atoms with Gasteiger partial charge in [0.1, 0.15) is 12.1 Å². The molecule has 1 rings (SSSR count). The zero-order valence-corrected chi connectivity index (χ0v) is 9.93. The second kappa shape index (κ2) is 6.03. The van der Waals surface area contributed by atoms with Gasteiger partial charge in [0.2, 0.25) is 0 Å². The zero-order valence-electron chi connectivity index (χ0n) is 9.93. The summed E-state index contributed by atoms with van der Waals surface area (Å²) in [5.41, 5.74) is 3.64. The molecule has 9 heteroatoms. The Bertz CT molecular complexity index is 508. The Morgan fingerprint density at radius 2 is 2.26 bits per heavy atom. The minimum Gasteiger partial charge on any atom is -0.466 e. The van der Waals surface area contributed by atoms with Crippen LogP contribution in [-0.2, 0) is 16.0 Å². The van der Waals surface area contributed by atoms with E-state index >= 15 is 0 Å². The number of halogens is 2. The number of ether oxygens (including phenoxy) is 1. The maximum absolute atomic E-state index is 12.7. The number of nitro groups is 1. The molecule has 0 bridgehead atoms. The summed E-state index contributed by atoms with van der Waals surface area (Å²) in [6.07, 6.45) is -3.43. The van der Waals surface area contributed by atoms with Crippen LogP contribution in [0.15, 0.2) is 6.07 Å². The number of aromatic nitrogens is 1. The van der Waals surface area contributed by atoms with E-state index < -0.39 is 40.8 Å². The topological polar surface area (TPSA) is 108 Å². The molecule has 0 aliphatic rings. The number of nitrogen functional groups attached to an aromatic ring is 1. The fraction of sp³-hybridized carbons (Fsp3) is 0.400. The van der Waals surface area contributed by atoms with Gasteiger partial charge in [-0.1, -0.05) is 0 Å². The van der Waals surface area contributed by atoms with Crippen LogP contribution in [0.1, 0.15) is 24.6 Å². The third-order valence-electron chi connectivity index (χ3n) is 2.16. The third kappa shape index (κ3) is 3.57. The van der Waals surface area contributed by atoms with Crippen molar-refractivity contribution in [3.63, 3.8) is 0 Å². The van der Waals surface area contributed by atoms with E-state index in [-0.39, 0.29) is 12.3 Å². The molecule has 0 radical (unpaired) electrons. The monoisotopic (exact) mass is 275 g/mol. The van der Waals surface area contributed by atoms with E-state index in [1.165, 1.54) is 0 Å². The van der Waals surface area contributed by atoms with Crippen molar-refractivity contribution in [3.8, 4) is 0 Å². The van der Waals surface area contributed by atoms with Crippen LogP contribution in [0.25, 0.3) is 0 Å². The highest BCUT2D eigenvalue weighted by atomic mass is 19.3. The van der Waals surface area contributed by atoms with Gasteiger partial charge in [0.25, 0.3) is 6.43 Å². The van der Waals surface area contributed by atoms with E-state index in [4.69, 9.17) is 5.73 Å². The molecular formula is C10H11F2N3O4. The zero-order chi connectivity index (χ0) is 14.6. The molecule has 19 heavy (non-hydrogen) atoms. The van der Waals surface area contributed by atoms with Crippen LogP contribution in [0.4, 0.5) is 20.3 Å². The summed E-state index contributed by atoms with van der Waals surface area (Å²) in [5, 5.41) is 10.7. The lowest BCUT2D eigenvalue weighted by atomic mass is 10.1. The van der Waals surface area contributed by atoms with Gasteiger partial charge < -0.3 is 20.6 Å². The molecule has 0 saturated carbocycles. The van der Waals surface area contributed by atoms with Crippen LogP contribution in [0.2, 0.25) is 0 Å². The van der Waals surface area contributed by atoms with Gasteiger partial charge in [0.05, 0.1) is 12.2 Å². The molecular weight excluding hydrogens is 264 g/mol. The number of pyridine rings is 1. The van der Waals surface area contributed by atoms with Gasteiger partial charge in [-0.3, -0.25) is 4.79 Å². The molecule has 1 heterocycles. The minimum absolute atomic E-state index is 0.109. The maximum atomic E-state index is 12.7. The van der Waals surface area contributed by atoms with Gasteiger partial charge in [0, 0.05) is 0 Å². The van der Waals surface area contributed by atoms with Crippen molar-refractivity contribution in [2.45, 2.75) is 19.8 Å². The van der Waals surface area contributed by atoms with Crippen LogP contribution in [0, 0.1) is 10.1 Å². The maximum Gasteiger partial charge on any atom is 0.387 e. The van der Waals surface area contributed by atoms with Crippen LogP contribution >= 0.6 is 0 Å². The average Bonchev–Trinajstić information content (AvgIpc) is 2.30. The normalized spacial score (nSPS) is 10.5. The summed E-state index contributed by atoms with van der Waals surface area (Å²) in [7, 11) is 0. The summed E-state index contributed by atoms with van der Waals surface area (Å²) < 4.78 is 30.0. The molecule has 1 aromatic rings. The van der Waals surface area contributed by atoms with Gasteiger partial charge in [-0.2, -0.15) is 0 Å². The van der Waals surface area contributed by atoms with Crippen molar-refractivity contribution in [2.24, 2.45) is 0 Å². The minimum atomic E-state index is -3.00. The van der Waals surface area contributed by atoms with E-state index in [9.17, 15) is 23.7 Å². The highest BCUT2D eigenvalue weighted by molar-refractivity contribution is 5.73. The number of carbonyl (C=O) groups is 1. The van der Waals surface area contributed by atoms with E-state index in [1.807, 2.05) is 0 Å². The predicted molar refractivity (Wildman–Crippen MR) is 60.6 cm³/mol. The first-order chi connectivity index (χ1) is 8.86. The van der Waals surface area contributed by atoms with E-state index in [0.717, 1.165) is 6.07 Å². The molecule has 0 saturated heterocycles. The number of anilines is 1. The smallest absolute Gasteiger partial charge is 0.387 e. The SMILES string of the molecule is CCOC(=O)Cc1cc(C(F)F)c(N)c([N+](=O)[O-])n1. The first-order valence-electron chi connectivity index (χ1n) is 5.24. The first-order valence-corrected chi connectivity index (χ1v) is 5.24. The molecule has 1 aromatic heterocycles. The highest BCUT2D eigenvalue weighted by Crippen LogP contribution is 2.31. The van der Waals surface area contributed by atoms with Gasteiger partial charge >= 0.3 is 11.8 Å². The third-order valence-corrected chi connectivity index (χ3v) is 2.16. The number of rotatable bonds is 5. The molecule has 0 unspecified atom stereocenters. The Kier molecular flexibility index (Phi) is 4.67. The highest BCUT2D eigenvalue weighted by Gasteiger charge is 2.26. The Morgan fingerprint density at radius 1 is 1.63 bits per heavy atom. The Labute approximate surface area is 106 Å². The summed E-state index contributed by atoms with van der Waals surface area (Å²) in [6.45, 7) is 1.68. The molecule has 0 amide bonds. The molecule has 7 nitrogen and oxygen atoms in total.